The van der Waals surface area contributed by atoms with Gasteiger partial charge in [-0.2, -0.15) is 13.2 Å². The summed E-state index contributed by atoms with van der Waals surface area (Å²) < 4.78 is 66.8. The number of fused-ring (bicyclic) bond motifs is 1. The van der Waals surface area contributed by atoms with Crippen LogP contribution in [-0.4, -0.2) is 43.7 Å². The van der Waals surface area contributed by atoms with E-state index in [2.05, 4.69) is 15.6 Å². The van der Waals surface area contributed by atoms with Gasteiger partial charge >= 0.3 is 18.2 Å². The highest BCUT2D eigenvalue weighted by molar-refractivity contribution is 6.30. The maximum atomic E-state index is 14.0. The molecule has 0 saturated carbocycles. The van der Waals surface area contributed by atoms with Crippen molar-refractivity contribution in [1.29, 1.82) is 0 Å². The van der Waals surface area contributed by atoms with Gasteiger partial charge in [0.2, 0.25) is 0 Å². The number of para-hydroxylation sites is 1. The number of benzene rings is 2. The predicted octanol–water partition coefficient (Wildman–Crippen LogP) is 5.81. The molecule has 0 spiro atoms. The van der Waals surface area contributed by atoms with Gasteiger partial charge in [-0.15, -0.1) is 0 Å². The van der Waals surface area contributed by atoms with Crippen molar-refractivity contribution < 1.29 is 51.3 Å². The molecule has 16 heteroatoms. The number of hydrogen-bond donors (Lipinski definition) is 4. The number of aromatic nitrogens is 2. The number of nitrogens with zero attached hydrogens (tertiary/aromatic N) is 2. The van der Waals surface area contributed by atoms with E-state index in [0.29, 0.717) is 16.9 Å². The minimum Gasteiger partial charge on any atom is -0.485 e. The lowest BCUT2D eigenvalue weighted by atomic mass is 10.1. The van der Waals surface area contributed by atoms with E-state index in [1.807, 2.05) is 0 Å². The van der Waals surface area contributed by atoms with E-state index in [4.69, 9.17) is 31.3 Å². The Balaban J connectivity index is 0.000000616. The van der Waals surface area contributed by atoms with Gasteiger partial charge in [-0.25, -0.2) is 23.4 Å². The molecule has 2 amide bonds. The van der Waals surface area contributed by atoms with Gasteiger partial charge in [-0.1, -0.05) is 35.9 Å². The van der Waals surface area contributed by atoms with Crippen molar-refractivity contribution >= 4 is 40.9 Å². The summed E-state index contributed by atoms with van der Waals surface area (Å²) in [5, 5.41) is 21.2. The van der Waals surface area contributed by atoms with Crippen molar-refractivity contribution in [3.8, 4) is 5.75 Å². The Hall–Kier alpha value is -4.92. The van der Waals surface area contributed by atoms with Crippen molar-refractivity contribution in [2.24, 2.45) is 0 Å². The van der Waals surface area contributed by atoms with Crippen LogP contribution in [0.25, 0.3) is 5.65 Å². The monoisotopic (exact) mass is 614 g/mol. The number of carbonyl (C=O) groups is 3. The lowest BCUT2D eigenvalue weighted by molar-refractivity contribution is -0.192. The fourth-order valence-electron chi connectivity index (χ4n) is 3.54. The standard InChI is InChI=1S/C24H19ClF2N4O4.C2HF3O2/c1-13-21(23(32)30-19-8-3-2-5-14(19)10-28-24(33)34)31-11-15(25)9-20(22(31)29-13)35-12-16-17(26)6-4-7-18(16)27;3-2(4,5)1(6)7/h2-9,11,28H,10,12H2,1H3,(H,30,32)(H,33,34);(H,6,7). The van der Waals surface area contributed by atoms with Crippen LogP contribution in [0.4, 0.5) is 32.4 Å². The maximum absolute atomic E-state index is 14.0. The minimum atomic E-state index is -5.08. The Morgan fingerprint density at radius 3 is 2.26 bits per heavy atom. The molecule has 0 aliphatic carbocycles. The highest BCUT2D eigenvalue weighted by Gasteiger charge is 2.38. The molecule has 4 N–H and O–H groups in total. The summed E-state index contributed by atoms with van der Waals surface area (Å²) in [5.41, 5.74) is 1.46. The van der Waals surface area contributed by atoms with Crippen LogP contribution < -0.4 is 15.4 Å². The highest BCUT2D eigenvalue weighted by Crippen LogP contribution is 2.28. The molecule has 2 heterocycles. The first-order valence-corrected chi connectivity index (χ1v) is 12.0. The molecule has 0 atom stereocenters. The number of aryl methyl sites for hydroxylation is 1. The number of alkyl halides is 3. The zero-order chi connectivity index (χ0) is 31.2. The second-order valence-electron chi connectivity index (χ2n) is 8.32. The molecule has 222 valence electrons. The molecular weight excluding hydrogens is 595 g/mol. The summed E-state index contributed by atoms with van der Waals surface area (Å²) in [6, 6.07) is 11.7. The first kappa shape index (κ1) is 31.6. The fourth-order valence-corrected chi connectivity index (χ4v) is 3.74. The number of amides is 2. The SMILES string of the molecule is Cc1nc2c(OCc3c(F)cccc3F)cc(Cl)cn2c1C(=O)Nc1ccccc1CNC(=O)O.O=C(O)C(F)(F)F. The second-order valence-corrected chi connectivity index (χ2v) is 8.76. The highest BCUT2D eigenvalue weighted by atomic mass is 35.5. The van der Waals surface area contributed by atoms with E-state index in [1.165, 1.54) is 22.7 Å². The largest absolute Gasteiger partial charge is 0.490 e. The number of pyridine rings is 1. The molecule has 4 rings (SSSR count). The zero-order valence-corrected chi connectivity index (χ0v) is 22.1. The van der Waals surface area contributed by atoms with Crippen LogP contribution in [0.2, 0.25) is 5.02 Å². The van der Waals surface area contributed by atoms with Gasteiger partial charge in [-0.3, -0.25) is 9.20 Å². The van der Waals surface area contributed by atoms with Gasteiger partial charge in [0.15, 0.2) is 11.4 Å². The van der Waals surface area contributed by atoms with Crippen LogP contribution in [0.5, 0.6) is 5.75 Å². The third-order valence-corrected chi connectivity index (χ3v) is 5.62. The Labute approximate surface area is 238 Å². The topological polar surface area (TPSA) is 142 Å². The van der Waals surface area contributed by atoms with Gasteiger partial charge < -0.3 is 25.6 Å². The first-order valence-electron chi connectivity index (χ1n) is 11.6. The number of imidazole rings is 1. The number of ether oxygens (including phenoxy) is 1. The van der Waals surface area contributed by atoms with Gasteiger partial charge in [0.05, 0.1) is 16.3 Å². The van der Waals surface area contributed by atoms with Crippen LogP contribution in [0.15, 0.2) is 54.7 Å². The normalized spacial score (nSPS) is 10.9. The van der Waals surface area contributed by atoms with E-state index in [9.17, 15) is 31.5 Å². The number of anilines is 1. The third kappa shape index (κ3) is 7.84. The average molecular weight is 615 g/mol. The van der Waals surface area contributed by atoms with E-state index in [1.54, 1.807) is 31.2 Å². The summed E-state index contributed by atoms with van der Waals surface area (Å²) in [6.07, 6.45) is -4.80. The van der Waals surface area contributed by atoms with Gasteiger partial charge in [0.1, 0.15) is 23.9 Å². The van der Waals surface area contributed by atoms with Crippen LogP contribution in [0, 0.1) is 18.6 Å². The predicted molar refractivity (Wildman–Crippen MR) is 139 cm³/mol. The molecule has 2 aromatic heterocycles. The number of carbonyl (C=O) groups excluding carboxylic acids is 1. The Morgan fingerprint density at radius 2 is 1.67 bits per heavy atom. The lowest BCUT2D eigenvalue weighted by Crippen LogP contribution is -2.22. The lowest BCUT2D eigenvalue weighted by Gasteiger charge is -2.12. The maximum Gasteiger partial charge on any atom is 0.490 e. The van der Waals surface area contributed by atoms with Gasteiger partial charge in [0.25, 0.3) is 5.91 Å². The van der Waals surface area contributed by atoms with Gasteiger partial charge in [0, 0.05) is 24.5 Å². The van der Waals surface area contributed by atoms with E-state index >= 15 is 0 Å². The molecule has 2 aromatic carbocycles. The first-order chi connectivity index (χ1) is 19.7. The number of aliphatic carboxylic acids is 1. The number of carboxylic acid groups (broad SMARTS) is 2. The summed E-state index contributed by atoms with van der Waals surface area (Å²) in [7, 11) is 0. The van der Waals surface area contributed by atoms with E-state index in [-0.39, 0.29) is 34.2 Å². The third-order valence-electron chi connectivity index (χ3n) is 5.41. The zero-order valence-electron chi connectivity index (χ0n) is 21.3. The molecule has 42 heavy (non-hydrogen) atoms. The molecule has 0 bridgehead atoms. The number of nitrogens with one attached hydrogen (secondary N) is 2. The minimum absolute atomic E-state index is 0.00561. The van der Waals surface area contributed by atoms with Crippen molar-refractivity contribution in [1.82, 2.24) is 14.7 Å². The number of hydrogen-bond acceptors (Lipinski definition) is 5. The molecule has 10 nitrogen and oxygen atoms in total. The Morgan fingerprint density at radius 1 is 1.05 bits per heavy atom. The van der Waals surface area contributed by atoms with Crippen LogP contribution in [0.1, 0.15) is 27.3 Å². The molecule has 0 aliphatic heterocycles. The number of halogens is 6. The van der Waals surface area contributed by atoms with Crippen molar-refractivity contribution in [3.05, 3.63) is 93.9 Å². The van der Waals surface area contributed by atoms with Gasteiger partial charge in [-0.05, 0) is 30.7 Å². The van der Waals surface area contributed by atoms with Crippen molar-refractivity contribution in [3.63, 3.8) is 0 Å². The molecule has 0 radical (unpaired) electrons. The fraction of sp³-hybridized carbons (Fsp3) is 0.154. The molecule has 4 aromatic rings. The van der Waals surface area contributed by atoms with Crippen LogP contribution in [0.3, 0.4) is 0 Å². The quantitative estimate of drug-likeness (QED) is 0.193. The number of carboxylic acids is 1. The van der Waals surface area contributed by atoms with Crippen LogP contribution in [-0.2, 0) is 17.9 Å². The molecule has 0 saturated heterocycles. The molecule has 0 unspecified atom stereocenters. The summed E-state index contributed by atoms with van der Waals surface area (Å²) in [4.78, 5) is 37.3. The van der Waals surface area contributed by atoms with Crippen molar-refractivity contribution in [2.75, 3.05) is 5.32 Å². The molecule has 0 aliphatic rings. The summed E-state index contributed by atoms with van der Waals surface area (Å²) in [5.74, 6) is -4.65. The van der Waals surface area contributed by atoms with Crippen molar-refractivity contribution in [2.45, 2.75) is 26.3 Å². The van der Waals surface area contributed by atoms with Crippen LogP contribution >= 0.6 is 11.6 Å². The Bertz CT molecular complexity index is 1620. The van der Waals surface area contributed by atoms with E-state index in [0.717, 1.165) is 12.1 Å². The smallest absolute Gasteiger partial charge is 0.485 e. The summed E-state index contributed by atoms with van der Waals surface area (Å²) >= 11 is 6.24. The average Bonchev–Trinajstić information content (AvgIpc) is 3.23. The Kier molecular flexibility index (Phi) is 9.90. The number of rotatable bonds is 7. The second kappa shape index (κ2) is 13.2. The summed E-state index contributed by atoms with van der Waals surface area (Å²) in [6.45, 7) is 1.20. The molecule has 0 fully saturated rings. The molecular formula is C26H20ClF5N4O6. The van der Waals surface area contributed by atoms with E-state index < -0.39 is 42.4 Å².